The highest BCUT2D eigenvalue weighted by molar-refractivity contribution is 9.24. The normalized spacial score (nSPS) is 11.4. The monoisotopic (exact) mass is 384 g/mol. The van der Waals surface area contributed by atoms with Crippen LogP contribution in [0.1, 0.15) is 34.6 Å². The summed E-state index contributed by atoms with van der Waals surface area (Å²) in [5.41, 5.74) is 1.95. The molecule has 0 heterocycles. The Balaban J connectivity index is 3.26. The summed E-state index contributed by atoms with van der Waals surface area (Å²) in [5.74, 6) is 0.658. The number of phenols is 1. The molecule has 0 aliphatic heterocycles. The molecule has 0 bridgehead atoms. The minimum atomic E-state index is 0.0523. The van der Waals surface area contributed by atoms with Crippen LogP contribution in [0.25, 0.3) is 0 Å². The minimum absolute atomic E-state index is 0.0523. The Morgan fingerprint density at radius 2 is 1.64 bits per heavy atom. The molecule has 0 spiro atoms. The van der Waals surface area contributed by atoms with Gasteiger partial charge in [-0.25, -0.2) is 0 Å². The van der Waals surface area contributed by atoms with Crippen molar-refractivity contribution in [2.24, 2.45) is 0 Å². The lowest BCUT2D eigenvalue weighted by Crippen LogP contribution is -1.92. The van der Waals surface area contributed by atoms with E-state index in [1.807, 2.05) is 12.1 Å². The molecule has 4 heteroatoms. The van der Waals surface area contributed by atoms with E-state index >= 15 is 0 Å². The molecule has 0 saturated carbocycles. The maximum Gasteiger partial charge on any atom is 0.133 e. The number of alkyl halides is 2. The number of phenolic OH excluding ortho intramolecular Hbond substituents is 1. The van der Waals surface area contributed by atoms with Gasteiger partial charge < -0.3 is 5.11 Å². The summed E-state index contributed by atoms with van der Waals surface area (Å²) in [6.45, 7) is 4.11. The Morgan fingerprint density at radius 1 is 1.14 bits per heavy atom. The Morgan fingerprint density at radius 3 is 2.07 bits per heavy atom. The first-order valence-electron chi connectivity index (χ1n) is 4.24. The summed E-state index contributed by atoms with van der Waals surface area (Å²) in [6, 6.07) is 3.95. The Bertz CT molecular complexity index is 301. The number of hydrogen-bond acceptors (Lipinski definition) is 1. The van der Waals surface area contributed by atoms with E-state index in [0.717, 1.165) is 15.6 Å². The topological polar surface area (TPSA) is 20.2 Å². The third-order valence-electron chi connectivity index (χ3n) is 2.03. The van der Waals surface area contributed by atoms with Gasteiger partial charge in [0.25, 0.3) is 0 Å². The molecule has 1 rings (SSSR count). The van der Waals surface area contributed by atoms with Gasteiger partial charge in [-0.2, -0.15) is 0 Å². The summed E-state index contributed by atoms with van der Waals surface area (Å²) >= 11 is 10.2. The van der Waals surface area contributed by atoms with Gasteiger partial charge in [0, 0.05) is 0 Å². The molecule has 0 aliphatic carbocycles. The predicted octanol–water partition coefficient (Wildman–Crippen LogP) is 5.07. The van der Waals surface area contributed by atoms with Crippen LogP contribution in [0.3, 0.4) is 0 Å². The van der Waals surface area contributed by atoms with Crippen molar-refractivity contribution >= 4 is 47.8 Å². The molecule has 0 amide bonds. The highest BCUT2D eigenvalue weighted by Gasteiger charge is 2.15. The molecular weight excluding hydrogens is 376 g/mol. The molecular formula is C10H11Br3O. The lowest BCUT2D eigenvalue weighted by molar-refractivity contribution is 0.461. The van der Waals surface area contributed by atoms with E-state index in [2.05, 4.69) is 61.6 Å². The van der Waals surface area contributed by atoms with E-state index in [0.29, 0.717) is 11.7 Å². The fourth-order valence-corrected chi connectivity index (χ4v) is 3.20. The zero-order valence-electron chi connectivity index (χ0n) is 7.89. The van der Waals surface area contributed by atoms with Crippen LogP contribution in [0.2, 0.25) is 0 Å². The van der Waals surface area contributed by atoms with Crippen molar-refractivity contribution in [1.82, 2.24) is 0 Å². The van der Waals surface area contributed by atoms with Crippen LogP contribution in [-0.2, 0) is 0 Å². The number of rotatable bonds is 2. The summed E-state index contributed by atoms with van der Waals surface area (Å²) in [5, 5.41) is 9.91. The predicted molar refractivity (Wildman–Crippen MR) is 70.5 cm³/mol. The molecule has 14 heavy (non-hydrogen) atoms. The van der Waals surface area contributed by atoms with Crippen molar-refractivity contribution in [2.45, 2.75) is 23.5 Å². The van der Waals surface area contributed by atoms with E-state index in [4.69, 9.17) is 0 Å². The molecule has 0 saturated heterocycles. The van der Waals surface area contributed by atoms with Gasteiger partial charge in [0.05, 0.1) is 8.21 Å². The maximum absolute atomic E-state index is 9.91. The molecule has 0 radical (unpaired) electrons. The minimum Gasteiger partial charge on any atom is -0.506 e. The van der Waals surface area contributed by atoms with Crippen LogP contribution in [0.5, 0.6) is 5.75 Å². The third kappa shape index (κ3) is 2.52. The van der Waals surface area contributed by atoms with E-state index in [1.165, 1.54) is 0 Å². The Labute approximate surface area is 109 Å². The number of aromatic hydroxyl groups is 1. The zero-order valence-corrected chi connectivity index (χ0v) is 12.6. The van der Waals surface area contributed by atoms with Crippen LogP contribution in [0.15, 0.2) is 16.6 Å². The quantitative estimate of drug-likeness (QED) is 0.704. The van der Waals surface area contributed by atoms with Gasteiger partial charge in [0.15, 0.2) is 0 Å². The molecule has 1 aromatic rings. The van der Waals surface area contributed by atoms with Gasteiger partial charge in [-0.15, -0.1) is 0 Å². The first kappa shape index (κ1) is 12.5. The van der Waals surface area contributed by atoms with Gasteiger partial charge in [-0.05, 0) is 33.0 Å². The van der Waals surface area contributed by atoms with E-state index in [9.17, 15) is 5.11 Å². The zero-order chi connectivity index (χ0) is 10.9. The molecule has 0 aliphatic rings. The van der Waals surface area contributed by atoms with Crippen LogP contribution < -0.4 is 0 Å². The molecule has 0 atom stereocenters. The largest absolute Gasteiger partial charge is 0.506 e. The van der Waals surface area contributed by atoms with Gasteiger partial charge in [-0.1, -0.05) is 57.8 Å². The summed E-state index contributed by atoms with van der Waals surface area (Å²) in [4.78, 5) is 0. The second kappa shape index (κ2) is 4.99. The van der Waals surface area contributed by atoms with Gasteiger partial charge >= 0.3 is 0 Å². The number of halogens is 3. The Kier molecular flexibility index (Phi) is 4.47. The SMILES string of the molecule is CC(C)c1ccc(C(Br)Br)c(Br)c1O. The Hall–Kier alpha value is 0.460. The summed E-state index contributed by atoms with van der Waals surface area (Å²) in [6.07, 6.45) is 0. The molecule has 1 N–H and O–H groups in total. The number of benzene rings is 1. The summed E-state index contributed by atoms with van der Waals surface area (Å²) < 4.78 is 0.805. The average molecular weight is 387 g/mol. The highest BCUT2D eigenvalue weighted by atomic mass is 79.9. The molecule has 78 valence electrons. The van der Waals surface area contributed by atoms with E-state index < -0.39 is 0 Å². The lowest BCUT2D eigenvalue weighted by Gasteiger charge is -2.13. The van der Waals surface area contributed by atoms with Gasteiger partial charge in [-0.3, -0.25) is 0 Å². The van der Waals surface area contributed by atoms with Crippen LogP contribution in [0, 0.1) is 0 Å². The van der Waals surface area contributed by atoms with E-state index in [-0.39, 0.29) is 3.74 Å². The van der Waals surface area contributed by atoms with Crippen LogP contribution >= 0.6 is 47.8 Å². The maximum atomic E-state index is 9.91. The smallest absolute Gasteiger partial charge is 0.133 e. The van der Waals surface area contributed by atoms with Gasteiger partial charge in [0.2, 0.25) is 0 Å². The molecule has 1 aromatic carbocycles. The standard InChI is InChI=1S/C10H11Br3O/c1-5(2)6-3-4-7(10(12)13)8(11)9(6)14/h3-5,10,14H,1-2H3. The highest BCUT2D eigenvalue weighted by Crippen LogP contribution is 2.42. The molecule has 0 aromatic heterocycles. The second-order valence-electron chi connectivity index (χ2n) is 3.36. The van der Waals surface area contributed by atoms with Crippen LogP contribution in [-0.4, -0.2) is 5.11 Å². The van der Waals surface area contributed by atoms with Crippen molar-refractivity contribution < 1.29 is 5.11 Å². The fraction of sp³-hybridized carbons (Fsp3) is 0.400. The van der Waals surface area contributed by atoms with Crippen LogP contribution in [0.4, 0.5) is 0 Å². The molecule has 0 fully saturated rings. The molecule has 0 unspecified atom stereocenters. The van der Waals surface area contributed by atoms with Crippen molar-refractivity contribution in [3.05, 3.63) is 27.7 Å². The first-order chi connectivity index (χ1) is 6.45. The average Bonchev–Trinajstić information content (AvgIpc) is 2.08. The van der Waals surface area contributed by atoms with Crippen molar-refractivity contribution in [1.29, 1.82) is 0 Å². The lowest BCUT2D eigenvalue weighted by atomic mass is 10.0. The van der Waals surface area contributed by atoms with Crippen molar-refractivity contribution in [2.75, 3.05) is 0 Å². The summed E-state index contributed by atoms with van der Waals surface area (Å²) in [7, 11) is 0. The number of hydrogen-bond donors (Lipinski definition) is 1. The molecule has 1 nitrogen and oxygen atoms in total. The second-order valence-corrected chi connectivity index (χ2v) is 7.22. The van der Waals surface area contributed by atoms with E-state index in [1.54, 1.807) is 0 Å². The van der Waals surface area contributed by atoms with Crippen molar-refractivity contribution in [3.8, 4) is 5.75 Å². The fourth-order valence-electron chi connectivity index (χ4n) is 1.23. The van der Waals surface area contributed by atoms with Gasteiger partial charge in [0.1, 0.15) is 5.75 Å². The third-order valence-corrected chi connectivity index (χ3v) is 3.85. The first-order valence-corrected chi connectivity index (χ1v) is 6.87. The van der Waals surface area contributed by atoms with Crippen molar-refractivity contribution in [3.63, 3.8) is 0 Å².